The predicted octanol–water partition coefficient (Wildman–Crippen LogP) is 1.81. The van der Waals surface area contributed by atoms with E-state index >= 15 is 0 Å². The summed E-state index contributed by atoms with van der Waals surface area (Å²) in [6.07, 6.45) is -0.0152. The molecule has 0 saturated heterocycles. The summed E-state index contributed by atoms with van der Waals surface area (Å²) in [4.78, 5) is 35.7. The Morgan fingerprint density at radius 2 is 1.78 bits per heavy atom. The standard InChI is InChI=1S/C20H19N3O4/c1-27-19(25)12-16-11-18(24)23(22-16)17-9-7-15(8-10-17)20(26)21-13-14-5-3-2-4-6-14/h2-11,22H,12-13H2,1H3,(H,21,26). The number of ether oxygens (including phenoxy) is 1. The van der Waals surface area contributed by atoms with Crippen LogP contribution in [0.15, 0.2) is 65.5 Å². The Bertz CT molecular complexity index is 988. The molecule has 27 heavy (non-hydrogen) atoms. The molecule has 3 aromatic rings. The van der Waals surface area contributed by atoms with E-state index in [1.807, 2.05) is 30.3 Å². The number of esters is 1. The highest BCUT2D eigenvalue weighted by atomic mass is 16.5. The van der Waals surface area contributed by atoms with Crippen molar-refractivity contribution in [2.24, 2.45) is 0 Å². The highest BCUT2D eigenvalue weighted by Crippen LogP contribution is 2.09. The second kappa shape index (κ2) is 8.18. The highest BCUT2D eigenvalue weighted by molar-refractivity contribution is 5.94. The minimum Gasteiger partial charge on any atom is -0.469 e. The number of hydrogen-bond donors (Lipinski definition) is 2. The molecule has 0 aliphatic carbocycles. The third-order valence-electron chi connectivity index (χ3n) is 4.02. The molecular formula is C20H19N3O4. The van der Waals surface area contributed by atoms with Crippen LogP contribution in [0, 0.1) is 0 Å². The number of hydrogen-bond acceptors (Lipinski definition) is 4. The number of aromatic nitrogens is 2. The smallest absolute Gasteiger partial charge is 0.311 e. The predicted molar refractivity (Wildman–Crippen MR) is 99.7 cm³/mol. The van der Waals surface area contributed by atoms with E-state index in [1.54, 1.807) is 24.3 Å². The van der Waals surface area contributed by atoms with Gasteiger partial charge >= 0.3 is 5.97 Å². The molecule has 0 aliphatic heterocycles. The number of nitrogens with zero attached hydrogens (tertiary/aromatic N) is 1. The molecule has 0 fully saturated rings. The van der Waals surface area contributed by atoms with Gasteiger partial charge in [0.25, 0.3) is 11.5 Å². The van der Waals surface area contributed by atoms with Gasteiger partial charge in [0.1, 0.15) is 0 Å². The topological polar surface area (TPSA) is 93.2 Å². The van der Waals surface area contributed by atoms with Crippen LogP contribution in [-0.4, -0.2) is 28.8 Å². The van der Waals surface area contributed by atoms with Crippen molar-refractivity contribution >= 4 is 11.9 Å². The van der Waals surface area contributed by atoms with Crippen molar-refractivity contribution in [2.45, 2.75) is 13.0 Å². The normalized spacial score (nSPS) is 10.4. The van der Waals surface area contributed by atoms with E-state index < -0.39 is 5.97 Å². The summed E-state index contributed by atoms with van der Waals surface area (Å²) in [6.45, 7) is 0.439. The maximum absolute atomic E-state index is 12.3. The average molecular weight is 365 g/mol. The molecule has 0 unspecified atom stereocenters. The number of methoxy groups -OCH3 is 1. The molecule has 1 amide bonds. The average Bonchev–Trinajstić information content (AvgIpc) is 3.06. The molecule has 0 atom stereocenters. The number of H-pyrrole nitrogens is 1. The van der Waals surface area contributed by atoms with Gasteiger partial charge in [0.15, 0.2) is 0 Å². The molecule has 2 N–H and O–H groups in total. The molecule has 0 radical (unpaired) electrons. The maximum Gasteiger partial charge on any atom is 0.311 e. The van der Waals surface area contributed by atoms with Gasteiger partial charge in [-0.25, -0.2) is 4.68 Å². The van der Waals surface area contributed by atoms with Crippen LogP contribution < -0.4 is 10.9 Å². The zero-order valence-corrected chi connectivity index (χ0v) is 14.8. The molecule has 7 nitrogen and oxygen atoms in total. The van der Waals surface area contributed by atoms with Crippen LogP contribution in [0.1, 0.15) is 21.6 Å². The highest BCUT2D eigenvalue weighted by Gasteiger charge is 2.10. The minimum atomic E-state index is -0.436. The summed E-state index contributed by atoms with van der Waals surface area (Å²) >= 11 is 0. The number of benzene rings is 2. The lowest BCUT2D eigenvalue weighted by Gasteiger charge is -2.07. The lowest BCUT2D eigenvalue weighted by Crippen LogP contribution is -2.22. The van der Waals surface area contributed by atoms with Gasteiger partial charge in [-0.1, -0.05) is 30.3 Å². The molecule has 138 valence electrons. The molecular weight excluding hydrogens is 346 g/mol. The molecule has 0 spiro atoms. The van der Waals surface area contributed by atoms with Gasteiger partial charge < -0.3 is 10.1 Å². The van der Waals surface area contributed by atoms with Crippen molar-refractivity contribution in [3.63, 3.8) is 0 Å². The molecule has 1 aromatic heterocycles. The van der Waals surface area contributed by atoms with E-state index in [9.17, 15) is 14.4 Å². The van der Waals surface area contributed by atoms with Gasteiger partial charge in [-0.3, -0.25) is 19.5 Å². The Hall–Kier alpha value is -3.61. The fourth-order valence-electron chi connectivity index (χ4n) is 2.60. The summed E-state index contributed by atoms with van der Waals surface area (Å²) in [5.41, 5.74) is 2.23. The zero-order chi connectivity index (χ0) is 19.2. The molecule has 0 aliphatic rings. The molecule has 3 rings (SSSR count). The third kappa shape index (κ3) is 4.52. The largest absolute Gasteiger partial charge is 0.469 e. The first-order valence-electron chi connectivity index (χ1n) is 8.37. The van der Waals surface area contributed by atoms with E-state index in [0.717, 1.165) is 5.56 Å². The number of amides is 1. The van der Waals surface area contributed by atoms with Crippen LogP contribution >= 0.6 is 0 Å². The van der Waals surface area contributed by atoms with Crippen molar-refractivity contribution in [1.82, 2.24) is 15.1 Å². The van der Waals surface area contributed by atoms with Gasteiger partial charge in [0.2, 0.25) is 0 Å². The van der Waals surface area contributed by atoms with Crippen LogP contribution in [-0.2, 0) is 22.5 Å². The first kappa shape index (κ1) is 18.2. The lowest BCUT2D eigenvalue weighted by molar-refractivity contribution is -0.139. The summed E-state index contributed by atoms with van der Waals surface area (Å²) in [5, 5.41) is 5.71. The first-order valence-corrected chi connectivity index (χ1v) is 8.37. The monoisotopic (exact) mass is 365 g/mol. The van der Waals surface area contributed by atoms with E-state index in [1.165, 1.54) is 17.9 Å². The number of rotatable bonds is 6. The van der Waals surface area contributed by atoms with Gasteiger partial charge in [0, 0.05) is 23.9 Å². The summed E-state index contributed by atoms with van der Waals surface area (Å²) in [6, 6.07) is 17.6. The molecule has 0 saturated carbocycles. The van der Waals surface area contributed by atoms with Gasteiger partial charge in [-0.05, 0) is 29.8 Å². The molecule has 1 heterocycles. The Balaban J connectivity index is 1.69. The third-order valence-corrected chi connectivity index (χ3v) is 4.02. The van der Waals surface area contributed by atoms with E-state index in [0.29, 0.717) is 23.5 Å². The molecule has 2 aromatic carbocycles. The van der Waals surface area contributed by atoms with Crippen LogP contribution in [0.3, 0.4) is 0 Å². The quantitative estimate of drug-likeness (QED) is 0.652. The number of carbonyl (C=O) groups excluding carboxylic acids is 2. The van der Waals surface area contributed by atoms with E-state index in [2.05, 4.69) is 15.2 Å². The summed E-state index contributed by atoms with van der Waals surface area (Å²) in [7, 11) is 1.29. The van der Waals surface area contributed by atoms with Gasteiger partial charge in [-0.2, -0.15) is 0 Å². The van der Waals surface area contributed by atoms with E-state index in [-0.39, 0.29) is 17.9 Å². The van der Waals surface area contributed by atoms with Crippen molar-refractivity contribution in [2.75, 3.05) is 7.11 Å². The van der Waals surface area contributed by atoms with Crippen LogP contribution in [0.2, 0.25) is 0 Å². The van der Waals surface area contributed by atoms with Crippen molar-refractivity contribution in [1.29, 1.82) is 0 Å². The zero-order valence-electron chi connectivity index (χ0n) is 14.8. The number of carbonyl (C=O) groups is 2. The van der Waals surface area contributed by atoms with Gasteiger partial charge in [0.05, 0.1) is 19.2 Å². The number of aromatic amines is 1. The van der Waals surface area contributed by atoms with Gasteiger partial charge in [-0.15, -0.1) is 0 Å². The molecule has 0 bridgehead atoms. The first-order chi connectivity index (χ1) is 13.1. The van der Waals surface area contributed by atoms with Crippen molar-refractivity contribution in [3.8, 4) is 5.69 Å². The fourth-order valence-corrected chi connectivity index (χ4v) is 2.60. The van der Waals surface area contributed by atoms with Crippen LogP contribution in [0.4, 0.5) is 0 Å². The SMILES string of the molecule is COC(=O)Cc1cc(=O)n(-c2ccc(C(=O)NCc3ccccc3)cc2)[nH]1. The fraction of sp³-hybridized carbons (Fsp3) is 0.150. The van der Waals surface area contributed by atoms with Crippen molar-refractivity contribution in [3.05, 3.63) is 87.8 Å². The lowest BCUT2D eigenvalue weighted by atomic mass is 10.2. The van der Waals surface area contributed by atoms with E-state index in [4.69, 9.17) is 0 Å². The summed E-state index contributed by atoms with van der Waals surface area (Å²) in [5.74, 6) is -0.635. The Morgan fingerprint density at radius 1 is 1.07 bits per heavy atom. The molecule has 7 heteroatoms. The minimum absolute atomic E-state index is 0.0152. The second-order valence-corrected chi connectivity index (χ2v) is 5.92. The summed E-state index contributed by atoms with van der Waals surface area (Å²) < 4.78 is 5.90. The van der Waals surface area contributed by atoms with Crippen LogP contribution in [0.25, 0.3) is 5.69 Å². The maximum atomic E-state index is 12.3. The Labute approximate surface area is 155 Å². The van der Waals surface area contributed by atoms with Crippen LogP contribution in [0.5, 0.6) is 0 Å². The Morgan fingerprint density at radius 3 is 2.44 bits per heavy atom. The number of nitrogens with one attached hydrogen (secondary N) is 2. The Kier molecular flexibility index (Phi) is 5.51. The van der Waals surface area contributed by atoms with Crippen molar-refractivity contribution < 1.29 is 14.3 Å². The second-order valence-electron chi connectivity index (χ2n) is 5.92.